The van der Waals surface area contributed by atoms with Crippen LogP contribution >= 0.6 is 0 Å². The molecule has 26 heavy (non-hydrogen) atoms. The van der Waals surface area contributed by atoms with Gasteiger partial charge in [-0.2, -0.15) is 13.2 Å². The molecule has 0 bridgehead atoms. The number of hydrogen-bond acceptors (Lipinski definition) is 3. The molecular formula is C18H18F3N3O2. The minimum Gasteiger partial charge on any atom is -0.352 e. The highest BCUT2D eigenvalue weighted by molar-refractivity contribution is 6.05. The monoisotopic (exact) mass is 365 g/mol. The number of unbranched alkanes of at least 4 members (excludes halogenated alkanes) is 1. The van der Waals surface area contributed by atoms with Gasteiger partial charge in [0.15, 0.2) is 0 Å². The van der Waals surface area contributed by atoms with Gasteiger partial charge in [0.25, 0.3) is 11.8 Å². The van der Waals surface area contributed by atoms with Crippen molar-refractivity contribution in [2.75, 3.05) is 11.9 Å². The van der Waals surface area contributed by atoms with Crippen molar-refractivity contribution >= 4 is 17.5 Å². The Bertz CT molecular complexity index is 791. The van der Waals surface area contributed by atoms with E-state index in [4.69, 9.17) is 0 Å². The molecule has 138 valence electrons. The van der Waals surface area contributed by atoms with E-state index in [1.165, 1.54) is 30.6 Å². The van der Waals surface area contributed by atoms with Gasteiger partial charge in [-0.25, -0.2) is 0 Å². The van der Waals surface area contributed by atoms with E-state index in [2.05, 4.69) is 15.6 Å². The Morgan fingerprint density at radius 3 is 2.42 bits per heavy atom. The Morgan fingerprint density at radius 2 is 1.77 bits per heavy atom. The molecule has 1 aromatic carbocycles. The summed E-state index contributed by atoms with van der Waals surface area (Å²) in [5, 5.41) is 5.08. The molecule has 5 nitrogen and oxygen atoms in total. The van der Waals surface area contributed by atoms with Crippen molar-refractivity contribution < 1.29 is 22.8 Å². The van der Waals surface area contributed by atoms with Crippen LogP contribution in [0.15, 0.2) is 42.7 Å². The molecule has 0 unspecified atom stereocenters. The van der Waals surface area contributed by atoms with Crippen molar-refractivity contribution in [1.29, 1.82) is 0 Å². The minimum atomic E-state index is -4.50. The zero-order chi connectivity index (χ0) is 19.2. The van der Waals surface area contributed by atoms with E-state index in [0.717, 1.165) is 25.0 Å². The lowest BCUT2D eigenvalue weighted by Crippen LogP contribution is -2.25. The van der Waals surface area contributed by atoms with Gasteiger partial charge in [0.1, 0.15) is 0 Å². The fourth-order valence-corrected chi connectivity index (χ4v) is 2.15. The maximum Gasteiger partial charge on any atom is 0.416 e. The van der Waals surface area contributed by atoms with E-state index in [1.807, 2.05) is 6.92 Å². The van der Waals surface area contributed by atoms with Crippen LogP contribution in [0.25, 0.3) is 0 Å². The van der Waals surface area contributed by atoms with Gasteiger partial charge in [-0.1, -0.05) is 19.4 Å². The summed E-state index contributed by atoms with van der Waals surface area (Å²) in [6, 6.07) is 5.65. The molecule has 2 aromatic rings. The summed E-state index contributed by atoms with van der Waals surface area (Å²) in [5.74, 6) is -1.01. The highest BCUT2D eigenvalue weighted by Crippen LogP contribution is 2.30. The van der Waals surface area contributed by atoms with Crippen LogP contribution in [0.2, 0.25) is 0 Å². The summed E-state index contributed by atoms with van der Waals surface area (Å²) in [7, 11) is 0. The van der Waals surface area contributed by atoms with Crippen molar-refractivity contribution in [3.63, 3.8) is 0 Å². The van der Waals surface area contributed by atoms with Crippen LogP contribution in [-0.2, 0) is 6.18 Å². The molecule has 1 heterocycles. The highest BCUT2D eigenvalue weighted by Gasteiger charge is 2.30. The molecule has 0 atom stereocenters. The molecule has 1 aromatic heterocycles. The SMILES string of the molecule is CCCCNC(=O)c1cncc(C(=O)Nc2cccc(C(F)(F)F)c2)c1. The van der Waals surface area contributed by atoms with Gasteiger partial charge >= 0.3 is 6.18 Å². The van der Waals surface area contributed by atoms with Gasteiger partial charge in [-0.05, 0) is 30.7 Å². The van der Waals surface area contributed by atoms with E-state index in [1.54, 1.807) is 0 Å². The number of nitrogens with zero attached hydrogens (tertiary/aromatic N) is 1. The molecule has 0 saturated carbocycles. The lowest BCUT2D eigenvalue weighted by Gasteiger charge is -2.10. The number of benzene rings is 1. The molecule has 0 aliphatic heterocycles. The lowest BCUT2D eigenvalue weighted by atomic mass is 10.1. The Labute approximate surface area is 148 Å². The quantitative estimate of drug-likeness (QED) is 0.763. The van der Waals surface area contributed by atoms with Crippen LogP contribution in [0, 0.1) is 0 Å². The Morgan fingerprint density at radius 1 is 1.08 bits per heavy atom. The standard InChI is InChI=1S/C18H18F3N3O2/c1-2-3-7-23-16(25)12-8-13(11-22-10-12)17(26)24-15-6-4-5-14(9-15)18(19,20)21/h4-6,8-11H,2-3,7H2,1H3,(H,23,25)(H,24,26). The largest absolute Gasteiger partial charge is 0.416 e. The molecule has 2 amide bonds. The van der Waals surface area contributed by atoms with Crippen LogP contribution in [0.1, 0.15) is 46.0 Å². The first-order valence-electron chi connectivity index (χ1n) is 8.03. The summed E-state index contributed by atoms with van der Waals surface area (Å²) in [5.41, 5.74) is -0.580. The van der Waals surface area contributed by atoms with Gasteiger partial charge in [-0.15, -0.1) is 0 Å². The minimum absolute atomic E-state index is 0.00243. The molecule has 0 fully saturated rings. The molecule has 0 saturated heterocycles. The number of alkyl halides is 3. The first-order chi connectivity index (χ1) is 12.3. The third-order valence-corrected chi connectivity index (χ3v) is 3.53. The third-order valence-electron chi connectivity index (χ3n) is 3.53. The second kappa shape index (κ2) is 8.46. The third kappa shape index (κ3) is 5.30. The number of hydrogen-bond donors (Lipinski definition) is 2. The summed E-state index contributed by atoms with van der Waals surface area (Å²) < 4.78 is 38.2. The smallest absolute Gasteiger partial charge is 0.352 e. The zero-order valence-electron chi connectivity index (χ0n) is 14.1. The van der Waals surface area contributed by atoms with Gasteiger partial charge in [-0.3, -0.25) is 14.6 Å². The number of halogens is 3. The maximum atomic E-state index is 12.7. The number of rotatable bonds is 6. The summed E-state index contributed by atoms with van der Waals surface area (Å²) in [6.07, 6.45) is -0.181. The van der Waals surface area contributed by atoms with Gasteiger partial charge < -0.3 is 10.6 Å². The van der Waals surface area contributed by atoms with E-state index in [0.29, 0.717) is 6.54 Å². The van der Waals surface area contributed by atoms with E-state index in [-0.39, 0.29) is 22.7 Å². The number of carbonyl (C=O) groups excluding carboxylic acids is 2. The fourth-order valence-electron chi connectivity index (χ4n) is 2.15. The number of anilines is 1. The number of nitrogens with one attached hydrogen (secondary N) is 2. The van der Waals surface area contributed by atoms with Crippen LogP contribution in [-0.4, -0.2) is 23.3 Å². The molecule has 8 heteroatoms. The summed E-state index contributed by atoms with van der Waals surface area (Å²) in [4.78, 5) is 28.1. The van der Waals surface area contributed by atoms with Crippen molar-refractivity contribution in [3.05, 3.63) is 59.4 Å². The van der Waals surface area contributed by atoms with Crippen molar-refractivity contribution in [2.24, 2.45) is 0 Å². The molecule has 0 aliphatic rings. The van der Waals surface area contributed by atoms with Crippen molar-refractivity contribution in [2.45, 2.75) is 25.9 Å². The van der Waals surface area contributed by atoms with E-state index in [9.17, 15) is 22.8 Å². The average molecular weight is 365 g/mol. The predicted octanol–water partition coefficient (Wildman–Crippen LogP) is 3.88. The molecule has 0 spiro atoms. The van der Waals surface area contributed by atoms with Crippen molar-refractivity contribution in [3.8, 4) is 0 Å². The molecule has 2 N–H and O–H groups in total. The zero-order valence-corrected chi connectivity index (χ0v) is 14.1. The molecule has 0 radical (unpaired) electrons. The summed E-state index contributed by atoms with van der Waals surface area (Å²) in [6.45, 7) is 2.50. The first kappa shape index (κ1) is 19.4. The first-order valence-corrected chi connectivity index (χ1v) is 8.03. The Hall–Kier alpha value is -2.90. The van der Waals surface area contributed by atoms with E-state index < -0.39 is 17.6 Å². The van der Waals surface area contributed by atoms with Crippen molar-refractivity contribution in [1.82, 2.24) is 10.3 Å². The second-order valence-corrected chi connectivity index (χ2v) is 5.60. The maximum absolute atomic E-state index is 12.7. The van der Waals surface area contributed by atoms with Crippen LogP contribution < -0.4 is 10.6 Å². The average Bonchev–Trinajstić information content (AvgIpc) is 2.61. The van der Waals surface area contributed by atoms with Crippen LogP contribution in [0.3, 0.4) is 0 Å². The van der Waals surface area contributed by atoms with Gasteiger partial charge in [0.2, 0.25) is 0 Å². The Balaban J connectivity index is 2.11. The summed E-state index contributed by atoms with van der Waals surface area (Å²) >= 11 is 0. The second-order valence-electron chi connectivity index (χ2n) is 5.60. The number of amides is 2. The van der Waals surface area contributed by atoms with Gasteiger partial charge in [0.05, 0.1) is 16.7 Å². The van der Waals surface area contributed by atoms with Crippen LogP contribution in [0.5, 0.6) is 0 Å². The number of aromatic nitrogens is 1. The lowest BCUT2D eigenvalue weighted by molar-refractivity contribution is -0.137. The highest BCUT2D eigenvalue weighted by atomic mass is 19.4. The van der Waals surface area contributed by atoms with E-state index >= 15 is 0 Å². The topological polar surface area (TPSA) is 71.1 Å². The molecule has 2 rings (SSSR count). The Kier molecular flexibility index (Phi) is 6.32. The van der Waals surface area contributed by atoms with Gasteiger partial charge in [0, 0.05) is 24.6 Å². The molecule has 0 aliphatic carbocycles. The normalized spacial score (nSPS) is 11.1. The predicted molar refractivity (Wildman–Crippen MR) is 90.9 cm³/mol. The fraction of sp³-hybridized carbons (Fsp3) is 0.278. The van der Waals surface area contributed by atoms with Crippen LogP contribution in [0.4, 0.5) is 18.9 Å². The number of carbonyl (C=O) groups is 2. The molecular weight excluding hydrogens is 347 g/mol. The number of pyridine rings is 1.